The highest BCUT2D eigenvalue weighted by molar-refractivity contribution is 5.87. The number of aryl methyl sites for hydroxylation is 3. The first kappa shape index (κ1) is 71.2. The number of carbonyl (C=O) groups is 4. The highest BCUT2D eigenvalue weighted by Crippen LogP contribution is 2.44. The van der Waals surface area contributed by atoms with E-state index in [9.17, 15) is 39.6 Å². The zero-order valence-electron chi connectivity index (χ0n) is 56.4. The normalized spacial score (nSPS) is 13.3. The van der Waals surface area contributed by atoms with Crippen LogP contribution in [0, 0.1) is 5.41 Å². The van der Waals surface area contributed by atoms with Crippen LogP contribution in [0.1, 0.15) is 252 Å². The molecule has 0 saturated carbocycles. The minimum Gasteiger partial charge on any atom is -0.507 e. The topological polar surface area (TPSA) is 186 Å². The molecular formula is C73H106O12. The number of esters is 4. The van der Waals surface area contributed by atoms with Crippen molar-refractivity contribution in [3.05, 3.63) is 121 Å². The van der Waals surface area contributed by atoms with Crippen LogP contribution < -0.4 is 0 Å². The van der Waals surface area contributed by atoms with Crippen molar-refractivity contribution in [2.24, 2.45) is 5.41 Å². The maximum absolute atomic E-state index is 14.1. The predicted molar refractivity (Wildman–Crippen MR) is 342 cm³/mol. The molecule has 4 aromatic carbocycles. The number of aromatic hydroxyl groups is 4. The zero-order valence-corrected chi connectivity index (χ0v) is 56.4. The molecule has 12 heteroatoms. The number of phenolic OH excluding ortho intramolecular Hbond substituents is 4. The fourth-order valence-electron chi connectivity index (χ4n) is 10.2. The van der Waals surface area contributed by atoms with E-state index in [0.717, 1.165) is 50.1 Å². The number of hydrogen-bond acceptors (Lipinski definition) is 12. The molecule has 0 amide bonds. The van der Waals surface area contributed by atoms with Crippen molar-refractivity contribution in [3.8, 4) is 23.0 Å². The van der Waals surface area contributed by atoms with Gasteiger partial charge in [-0.15, -0.1) is 0 Å². The van der Waals surface area contributed by atoms with Crippen molar-refractivity contribution >= 4 is 30.0 Å². The SMILES string of the molecule is CC(C)(C)c1cc(/C=C/C(=O)OCC(COC(=O)CCc2cc(C(C)(C)C)c(O)c(C(C)(C)C)c2)(COC(=O)CCc2cc(C(C)(C)C)c(O)c(C(C)(C)C)c2)COC(=O)CCc2cc(C(C)(C)C)c(O)c(C(C)(C)C)c2)cc(C(C)(C)C)c1O. The van der Waals surface area contributed by atoms with Gasteiger partial charge >= 0.3 is 23.9 Å². The molecule has 4 aromatic rings. The van der Waals surface area contributed by atoms with Crippen LogP contribution in [0.15, 0.2) is 54.6 Å². The Labute approximate surface area is 510 Å². The van der Waals surface area contributed by atoms with Crippen LogP contribution in [0.3, 0.4) is 0 Å². The Bertz CT molecular complexity index is 2690. The first-order chi connectivity index (χ1) is 38.4. The van der Waals surface area contributed by atoms with Gasteiger partial charge in [-0.25, -0.2) is 4.79 Å². The van der Waals surface area contributed by atoms with Crippen LogP contribution in [0.25, 0.3) is 6.08 Å². The lowest BCUT2D eigenvalue weighted by Gasteiger charge is -2.31. The predicted octanol–water partition coefficient (Wildman–Crippen LogP) is 16.0. The van der Waals surface area contributed by atoms with Gasteiger partial charge < -0.3 is 39.4 Å². The van der Waals surface area contributed by atoms with Crippen LogP contribution in [0.2, 0.25) is 0 Å². The number of rotatable bonds is 19. The summed E-state index contributed by atoms with van der Waals surface area (Å²) in [5, 5.41) is 45.7. The lowest BCUT2D eigenvalue weighted by atomic mass is 9.78. The van der Waals surface area contributed by atoms with Crippen LogP contribution in [-0.4, -0.2) is 70.7 Å². The molecule has 4 N–H and O–H groups in total. The zero-order chi connectivity index (χ0) is 65.0. The molecule has 0 fully saturated rings. The molecule has 0 aromatic heterocycles. The summed E-state index contributed by atoms with van der Waals surface area (Å²) in [7, 11) is 0. The van der Waals surface area contributed by atoms with E-state index in [1.165, 1.54) is 6.08 Å². The third-order valence-corrected chi connectivity index (χ3v) is 15.5. The maximum atomic E-state index is 14.1. The van der Waals surface area contributed by atoms with E-state index in [1.54, 1.807) is 6.08 Å². The average Bonchev–Trinajstić information content (AvgIpc) is 1.83. The summed E-state index contributed by atoms with van der Waals surface area (Å²) in [5.74, 6) is -1.76. The van der Waals surface area contributed by atoms with Gasteiger partial charge in [0.15, 0.2) is 0 Å². The van der Waals surface area contributed by atoms with Gasteiger partial charge in [-0.1, -0.05) is 203 Å². The van der Waals surface area contributed by atoms with Crippen molar-refractivity contribution in [1.29, 1.82) is 0 Å². The number of carbonyl (C=O) groups excluding carboxylic acids is 4. The van der Waals surface area contributed by atoms with Gasteiger partial charge in [0.25, 0.3) is 0 Å². The van der Waals surface area contributed by atoms with Gasteiger partial charge in [0.1, 0.15) is 54.8 Å². The Morgan fingerprint density at radius 1 is 0.329 bits per heavy atom. The third kappa shape index (κ3) is 19.9. The third-order valence-electron chi connectivity index (χ3n) is 15.5. The smallest absolute Gasteiger partial charge is 0.330 e. The summed E-state index contributed by atoms with van der Waals surface area (Å²) in [4.78, 5) is 56.3. The molecule has 0 aliphatic carbocycles. The Morgan fingerprint density at radius 2 is 0.529 bits per heavy atom. The van der Waals surface area contributed by atoms with Gasteiger partial charge in [0.2, 0.25) is 0 Å². The first-order valence-electron chi connectivity index (χ1n) is 30.2. The molecule has 0 heterocycles. The minimum absolute atomic E-state index is 0.0741. The fourth-order valence-corrected chi connectivity index (χ4v) is 10.2. The van der Waals surface area contributed by atoms with Crippen molar-refractivity contribution in [2.45, 2.75) is 248 Å². The van der Waals surface area contributed by atoms with E-state index in [0.29, 0.717) is 16.7 Å². The molecule has 470 valence electrons. The summed E-state index contributed by atoms with van der Waals surface area (Å²) in [6.45, 7) is 46.4. The second-order valence-electron chi connectivity index (χ2n) is 32.0. The Morgan fingerprint density at radius 3 is 0.741 bits per heavy atom. The molecule has 0 aliphatic rings. The summed E-state index contributed by atoms with van der Waals surface area (Å²) >= 11 is 0. The van der Waals surface area contributed by atoms with Crippen molar-refractivity contribution in [1.82, 2.24) is 0 Å². The quantitative estimate of drug-likeness (QED) is 0.0396. The van der Waals surface area contributed by atoms with Gasteiger partial charge in [0.05, 0.1) is 0 Å². The number of benzene rings is 4. The van der Waals surface area contributed by atoms with Gasteiger partial charge in [-0.2, -0.15) is 0 Å². The van der Waals surface area contributed by atoms with Crippen LogP contribution >= 0.6 is 0 Å². The second kappa shape index (κ2) is 26.4. The molecule has 0 bridgehead atoms. The molecular weight excluding hydrogens is 1070 g/mol. The molecule has 4 rings (SSSR count). The number of phenols is 4. The molecule has 0 unspecified atom stereocenters. The monoisotopic (exact) mass is 1170 g/mol. The largest absolute Gasteiger partial charge is 0.507 e. The maximum Gasteiger partial charge on any atom is 0.330 e. The summed E-state index contributed by atoms with van der Waals surface area (Å²) < 4.78 is 24.3. The van der Waals surface area contributed by atoms with Gasteiger partial charge in [-0.05, 0) is 136 Å². The van der Waals surface area contributed by atoms with E-state index >= 15 is 0 Å². The number of hydrogen-bond donors (Lipinski definition) is 4. The van der Waals surface area contributed by atoms with Crippen molar-refractivity contribution in [3.63, 3.8) is 0 Å². The van der Waals surface area contributed by atoms with E-state index in [4.69, 9.17) is 18.9 Å². The van der Waals surface area contributed by atoms with E-state index in [-0.39, 0.29) is 61.5 Å². The Hall–Kier alpha value is -6.30. The lowest BCUT2D eigenvalue weighted by Crippen LogP contribution is -2.44. The second-order valence-corrected chi connectivity index (χ2v) is 32.0. The molecule has 0 atom stereocenters. The minimum atomic E-state index is -1.62. The molecule has 85 heavy (non-hydrogen) atoms. The number of ether oxygens (including phenoxy) is 4. The first-order valence-corrected chi connectivity index (χ1v) is 30.2. The van der Waals surface area contributed by atoms with Crippen LogP contribution in [0.4, 0.5) is 0 Å². The van der Waals surface area contributed by atoms with Crippen LogP contribution in [-0.2, 0) is 101 Å². The average molecular weight is 1180 g/mol. The molecule has 12 nitrogen and oxygen atoms in total. The summed E-state index contributed by atoms with van der Waals surface area (Å²) in [6.07, 6.45) is 3.45. The van der Waals surface area contributed by atoms with Crippen molar-refractivity contribution in [2.75, 3.05) is 26.4 Å². The highest BCUT2D eigenvalue weighted by Gasteiger charge is 2.39. The van der Waals surface area contributed by atoms with Gasteiger partial charge in [-0.3, -0.25) is 14.4 Å². The molecule has 0 aliphatic heterocycles. The van der Waals surface area contributed by atoms with Crippen molar-refractivity contribution < 1.29 is 58.6 Å². The summed E-state index contributed by atoms with van der Waals surface area (Å²) in [6, 6.07) is 15.2. The van der Waals surface area contributed by atoms with Gasteiger partial charge in [0, 0.05) is 36.5 Å². The Kier molecular flexibility index (Phi) is 22.1. The fraction of sp³-hybridized carbons (Fsp3) is 0.589. The highest BCUT2D eigenvalue weighted by atomic mass is 16.6. The Balaban J connectivity index is 1.79. The lowest BCUT2D eigenvalue weighted by molar-refractivity contribution is -0.169. The van der Waals surface area contributed by atoms with Crippen LogP contribution in [0.5, 0.6) is 23.0 Å². The van der Waals surface area contributed by atoms with E-state index < -0.39 is 99.0 Å². The molecule has 0 saturated heterocycles. The molecule has 0 spiro atoms. The summed E-state index contributed by atoms with van der Waals surface area (Å²) in [5.41, 5.74) is 4.15. The van der Waals surface area contributed by atoms with E-state index in [2.05, 4.69) is 0 Å². The standard InChI is InChI=1S/C73H106O12/c1-65(2,3)49-33-45(34-50(61(49)78)66(4,5)6)25-29-57(74)82-41-73(42-83-58(75)30-26-46-35-51(67(7,8)9)62(79)52(36-46)68(10,11)12,43-84-59(76)31-27-47-37-53(69(13,14)15)63(80)54(38-47)70(16,17)18)44-85-60(77)32-28-48-39-55(71(19,20)21)64(81)56(40-48)72(22,23)24/h25,29,33-40,78-81H,26-28,30-32,41-44H2,1-24H3/b29-25+. The molecule has 0 radical (unpaired) electrons. The van der Waals surface area contributed by atoms with E-state index in [1.807, 2.05) is 215 Å².